The lowest BCUT2D eigenvalue weighted by molar-refractivity contribution is -0.137. The summed E-state index contributed by atoms with van der Waals surface area (Å²) in [4.78, 5) is 26.0. The van der Waals surface area contributed by atoms with E-state index in [1.807, 2.05) is 32.9 Å². The number of carbonyl (C=O) groups excluding carboxylic acids is 2. The first-order chi connectivity index (χ1) is 11.8. The summed E-state index contributed by atoms with van der Waals surface area (Å²) in [7, 11) is 0. The smallest absolute Gasteiger partial charge is 0.148 e. The van der Waals surface area contributed by atoms with Gasteiger partial charge in [0.1, 0.15) is 17.5 Å². The van der Waals surface area contributed by atoms with Crippen molar-refractivity contribution in [3.63, 3.8) is 0 Å². The van der Waals surface area contributed by atoms with E-state index in [2.05, 4.69) is 11.8 Å². The first-order valence-corrected chi connectivity index (χ1v) is 9.20. The Morgan fingerprint density at radius 1 is 1.04 bits per heavy atom. The highest BCUT2D eigenvalue weighted by Gasteiger charge is 2.47. The van der Waals surface area contributed by atoms with E-state index in [1.165, 1.54) is 0 Å². The second-order valence-electron chi connectivity index (χ2n) is 7.96. The third-order valence-electron chi connectivity index (χ3n) is 5.99. The number of aryl methyl sites for hydroxylation is 2. The van der Waals surface area contributed by atoms with Crippen LogP contribution in [-0.2, 0) is 9.59 Å². The van der Waals surface area contributed by atoms with E-state index < -0.39 is 5.92 Å². The molecule has 2 saturated carbocycles. The molecule has 3 nitrogen and oxygen atoms in total. The molecule has 0 radical (unpaired) electrons. The highest BCUT2D eigenvalue weighted by atomic mass is 16.2. The van der Waals surface area contributed by atoms with Gasteiger partial charge in [0.15, 0.2) is 0 Å². The van der Waals surface area contributed by atoms with Gasteiger partial charge in [-0.1, -0.05) is 5.92 Å². The summed E-state index contributed by atoms with van der Waals surface area (Å²) in [6, 6.07) is 4.21. The number of carbonyl (C=O) groups is 2. The fraction of sp³-hybridized carbons (Fsp3) is 0.545. The lowest BCUT2D eigenvalue weighted by Gasteiger charge is -2.43. The lowest BCUT2D eigenvalue weighted by Crippen LogP contribution is -2.43. The van der Waals surface area contributed by atoms with Crippen LogP contribution in [0, 0.1) is 31.1 Å². The lowest BCUT2D eigenvalue weighted by atomic mass is 9.60. The molecule has 0 bridgehead atoms. The van der Waals surface area contributed by atoms with Gasteiger partial charge in [-0.25, -0.2) is 0 Å². The number of benzene rings is 1. The van der Waals surface area contributed by atoms with Crippen molar-refractivity contribution in [1.82, 2.24) is 0 Å². The van der Waals surface area contributed by atoms with Crippen molar-refractivity contribution >= 4 is 11.6 Å². The SMILES string of the molecule is CC#Cc1cc(C)c(C2C(=O)CC3(CCC(N)CC3)CC2=O)c(C)c1. The van der Waals surface area contributed by atoms with Crippen LogP contribution in [-0.4, -0.2) is 17.6 Å². The minimum absolute atomic E-state index is 0.0900. The van der Waals surface area contributed by atoms with E-state index in [-0.39, 0.29) is 23.0 Å². The predicted molar refractivity (Wildman–Crippen MR) is 99.3 cm³/mol. The average Bonchev–Trinajstić information content (AvgIpc) is 2.53. The maximum Gasteiger partial charge on any atom is 0.148 e. The van der Waals surface area contributed by atoms with Gasteiger partial charge in [0.2, 0.25) is 0 Å². The molecule has 3 rings (SSSR count). The summed E-state index contributed by atoms with van der Waals surface area (Å²) in [6.45, 7) is 5.77. The number of Topliss-reactive ketones (excluding diaryl/α,β-unsaturated/α-hetero) is 2. The van der Waals surface area contributed by atoms with E-state index in [4.69, 9.17) is 5.73 Å². The second kappa shape index (κ2) is 6.77. The molecule has 25 heavy (non-hydrogen) atoms. The van der Waals surface area contributed by atoms with E-state index in [1.54, 1.807) is 0 Å². The molecule has 1 aromatic rings. The van der Waals surface area contributed by atoms with Crippen LogP contribution in [0.3, 0.4) is 0 Å². The number of ketones is 2. The minimum Gasteiger partial charge on any atom is -0.328 e. The van der Waals surface area contributed by atoms with Gasteiger partial charge in [0.25, 0.3) is 0 Å². The van der Waals surface area contributed by atoms with E-state index in [9.17, 15) is 9.59 Å². The molecule has 2 N–H and O–H groups in total. The van der Waals surface area contributed by atoms with Crippen LogP contribution in [0.4, 0.5) is 0 Å². The van der Waals surface area contributed by atoms with E-state index in [0.717, 1.165) is 47.9 Å². The largest absolute Gasteiger partial charge is 0.328 e. The first-order valence-electron chi connectivity index (χ1n) is 9.20. The summed E-state index contributed by atoms with van der Waals surface area (Å²) in [6.07, 6.45) is 4.70. The maximum atomic E-state index is 13.0. The Bertz CT molecular complexity index is 730. The molecule has 0 amide bonds. The van der Waals surface area contributed by atoms with Crippen LogP contribution < -0.4 is 5.73 Å². The average molecular weight is 337 g/mol. The fourth-order valence-electron chi connectivity index (χ4n) is 4.76. The van der Waals surface area contributed by atoms with Crippen molar-refractivity contribution in [3.8, 4) is 11.8 Å². The molecule has 3 heteroatoms. The zero-order valence-corrected chi connectivity index (χ0v) is 15.4. The zero-order chi connectivity index (χ0) is 18.2. The van der Waals surface area contributed by atoms with Crippen LogP contribution >= 0.6 is 0 Å². The number of hydrogen-bond acceptors (Lipinski definition) is 3. The Labute approximate surface area is 150 Å². The molecule has 132 valence electrons. The van der Waals surface area contributed by atoms with Crippen LogP contribution in [0.1, 0.15) is 73.6 Å². The Balaban J connectivity index is 1.91. The third-order valence-corrected chi connectivity index (χ3v) is 5.99. The third kappa shape index (κ3) is 3.41. The summed E-state index contributed by atoms with van der Waals surface area (Å²) in [5.41, 5.74) is 9.71. The molecule has 0 aromatic heterocycles. The predicted octanol–water partition coefficient (Wildman–Crippen LogP) is 3.58. The number of rotatable bonds is 1. The summed E-state index contributed by atoms with van der Waals surface area (Å²) < 4.78 is 0. The van der Waals surface area contributed by atoms with Crippen molar-refractivity contribution in [3.05, 3.63) is 34.4 Å². The maximum absolute atomic E-state index is 13.0. The summed E-state index contributed by atoms with van der Waals surface area (Å²) in [5.74, 6) is 5.55. The Morgan fingerprint density at radius 3 is 2.04 bits per heavy atom. The standard InChI is InChI=1S/C22H27NO2/c1-4-5-16-10-14(2)20(15(3)11-16)21-18(24)12-22(13-19(21)25)8-6-17(23)7-9-22/h10-11,17,21H,6-9,12-13,23H2,1-3H3. The molecule has 2 aliphatic rings. The van der Waals surface area contributed by atoms with Crippen molar-refractivity contribution in [2.75, 3.05) is 0 Å². The topological polar surface area (TPSA) is 60.2 Å². The van der Waals surface area contributed by atoms with Crippen LogP contribution in [0.15, 0.2) is 12.1 Å². The summed E-state index contributed by atoms with van der Waals surface area (Å²) in [5, 5.41) is 0. The van der Waals surface area contributed by atoms with Gasteiger partial charge in [-0.3, -0.25) is 9.59 Å². The fourth-order valence-corrected chi connectivity index (χ4v) is 4.76. The van der Waals surface area contributed by atoms with E-state index >= 15 is 0 Å². The van der Waals surface area contributed by atoms with Crippen LogP contribution in [0.2, 0.25) is 0 Å². The van der Waals surface area contributed by atoms with Gasteiger partial charge in [-0.05, 0) is 80.7 Å². The monoisotopic (exact) mass is 337 g/mol. The van der Waals surface area contributed by atoms with Gasteiger partial charge in [-0.2, -0.15) is 0 Å². The molecular formula is C22H27NO2. The van der Waals surface area contributed by atoms with Gasteiger partial charge < -0.3 is 5.73 Å². The van der Waals surface area contributed by atoms with Crippen molar-refractivity contribution < 1.29 is 9.59 Å². The molecule has 1 aromatic carbocycles. The van der Waals surface area contributed by atoms with Gasteiger partial charge in [0.05, 0.1) is 0 Å². The number of hydrogen-bond donors (Lipinski definition) is 1. The number of nitrogens with two attached hydrogens (primary N) is 1. The van der Waals surface area contributed by atoms with Crippen LogP contribution in [0.25, 0.3) is 0 Å². The molecule has 0 unspecified atom stereocenters. The first kappa shape index (κ1) is 17.9. The zero-order valence-electron chi connectivity index (χ0n) is 15.4. The molecule has 2 fully saturated rings. The second-order valence-corrected chi connectivity index (χ2v) is 7.96. The normalized spacial score (nSPS) is 29.4. The van der Waals surface area contributed by atoms with Gasteiger partial charge in [0, 0.05) is 24.4 Å². The molecule has 0 atom stereocenters. The van der Waals surface area contributed by atoms with Crippen molar-refractivity contribution in [1.29, 1.82) is 0 Å². The molecule has 0 saturated heterocycles. The van der Waals surface area contributed by atoms with Crippen molar-refractivity contribution in [2.24, 2.45) is 11.1 Å². The summed E-state index contributed by atoms with van der Waals surface area (Å²) >= 11 is 0. The molecule has 0 aliphatic heterocycles. The van der Waals surface area contributed by atoms with Crippen LogP contribution in [0.5, 0.6) is 0 Å². The van der Waals surface area contributed by atoms with Crippen molar-refractivity contribution in [2.45, 2.75) is 71.3 Å². The highest BCUT2D eigenvalue weighted by Crippen LogP contribution is 2.48. The molecule has 1 spiro atoms. The van der Waals surface area contributed by atoms with E-state index in [0.29, 0.717) is 12.8 Å². The van der Waals surface area contributed by atoms with Gasteiger partial charge in [-0.15, -0.1) is 5.92 Å². The van der Waals surface area contributed by atoms with Gasteiger partial charge >= 0.3 is 0 Å². The Kier molecular flexibility index (Phi) is 4.84. The Hall–Kier alpha value is -1.92. The quantitative estimate of drug-likeness (QED) is 0.629. The molecular weight excluding hydrogens is 310 g/mol. The molecule has 0 heterocycles. The minimum atomic E-state index is -0.593. The Morgan fingerprint density at radius 2 is 1.56 bits per heavy atom. The highest BCUT2D eigenvalue weighted by molar-refractivity contribution is 6.10. The molecule has 2 aliphatic carbocycles.